The number of nitrogens with zero attached hydrogens (tertiary/aromatic N) is 1. The molecule has 0 atom stereocenters. The Labute approximate surface area is 141 Å². The summed E-state index contributed by atoms with van der Waals surface area (Å²) in [4.78, 5) is 0. The van der Waals surface area contributed by atoms with E-state index in [0.717, 1.165) is 11.4 Å². The van der Waals surface area contributed by atoms with Crippen molar-refractivity contribution in [2.24, 2.45) is 5.10 Å². The maximum absolute atomic E-state index is 13.6. The van der Waals surface area contributed by atoms with E-state index in [1.165, 1.54) is 12.3 Å². The van der Waals surface area contributed by atoms with E-state index < -0.39 is 0 Å². The van der Waals surface area contributed by atoms with Crippen LogP contribution < -0.4 is 15.5 Å². The second-order valence-electron chi connectivity index (χ2n) is 4.22. The molecule has 0 aromatic heterocycles. The Morgan fingerprint density at radius 3 is 2.64 bits per heavy atom. The lowest BCUT2D eigenvalue weighted by Gasteiger charge is -2.07. The summed E-state index contributed by atoms with van der Waals surface area (Å²) in [5.74, 6) is 0.391. The molecule has 0 bridgehead atoms. The fourth-order valence-corrected chi connectivity index (χ4v) is 2.10. The van der Waals surface area contributed by atoms with E-state index in [0.29, 0.717) is 15.1 Å². The van der Waals surface area contributed by atoms with Crippen LogP contribution in [0.1, 0.15) is 5.56 Å². The van der Waals surface area contributed by atoms with Crippen LogP contribution in [0.5, 0.6) is 5.75 Å². The third-order valence-corrected chi connectivity index (χ3v) is 3.37. The molecule has 0 unspecified atom stereocenters. The van der Waals surface area contributed by atoms with Crippen molar-refractivity contribution < 1.29 is 9.13 Å². The average Bonchev–Trinajstić information content (AvgIpc) is 2.50. The Morgan fingerprint density at radius 1 is 1.27 bits per heavy atom. The Balaban J connectivity index is 1.90. The molecule has 114 valence electrons. The second-order valence-corrected chi connectivity index (χ2v) is 5.54. The van der Waals surface area contributed by atoms with E-state index in [-0.39, 0.29) is 5.82 Å². The van der Waals surface area contributed by atoms with Crippen molar-refractivity contribution in [2.45, 2.75) is 0 Å². The summed E-state index contributed by atoms with van der Waals surface area (Å²) < 4.78 is 19.3. The molecule has 0 aliphatic heterocycles. The third kappa shape index (κ3) is 4.78. The smallest absolute Gasteiger partial charge is 0.191 e. The van der Waals surface area contributed by atoms with Crippen LogP contribution >= 0.6 is 28.1 Å². The molecule has 2 rings (SSSR count). The zero-order valence-electron chi connectivity index (χ0n) is 11.6. The molecule has 7 heteroatoms. The number of anilines is 1. The highest BCUT2D eigenvalue weighted by Crippen LogP contribution is 2.15. The first kappa shape index (κ1) is 16.4. The van der Waals surface area contributed by atoms with Crippen LogP contribution in [-0.4, -0.2) is 18.4 Å². The molecule has 2 aromatic carbocycles. The van der Waals surface area contributed by atoms with E-state index in [4.69, 9.17) is 17.0 Å². The van der Waals surface area contributed by atoms with E-state index >= 15 is 0 Å². The minimum Gasteiger partial charge on any atom is -0.497 e. The molecule has 4 nitrogen and oxygen atoms in total. The van der Waals surface area contributed by atoms with Gasteiger partial charge in [-0.05, 0) is 54.7 Å². The SMILES string of the molecule is COc1ccc(NC(=S)N/N=C\c2ccc(Br)cc2F)cc1. The number of thiocarbonyl (C=S) groups is 1. The van der Waals surface area contributed by atoms with Gasteiger partial charge in [0.2, 0.25) is 0 Å². The topological polar surface area (TPSA) is 45.6 Å². The van der Waals surface area contributed by atoms with Crippen molar-refractivity contribution in [1.29, 1.82) is 0 Å². The molecular weight excluding hydrogens is 369 g/mol. The number of hydrogen-bond acceptors (Lipinski definition) is 3. The zero-order valence-corrected chi connectivity index (χ0v) is 14.0. The van der Waals surface area contributed by atoms with Crippen molar-refractivity contribution >= 4 is 45.2 Å². The maximum atomic E-state index is 13.6. The molecule has 0 heterocycles. The molecule has 2 N–H and O–H groups in total. The first-order valence-electron chi connectivity index (χ1n) is 6.27. The van der Waals surface area contributed by atoms with Gasteiger partial charge < -0.3 is 10.1 Å². The fraction of sp³-hybridized carbons (Fsp3) is 0.0667. The molecule has 0 saturated carbocycles. The summed E-state index contributed by atoms with van der Waals surface area (Å²) in [5, 5.41) is 7.16. The molecule has 0 aliphatic rings. The number of hydrogen-bond donors (Lipinski definition) is 2. The van der Waals surface area contributed by atoms with Gasteiger partial charge in [0.1, 0.15) is 11.6 Å². The molecule has 0 fully saturated rings. The molecule has 22 heavy (non-hydrogen) atoms. The number of halogens is 2. The summed E-state index contributed by atoms with van der Waals surface area (Å²) in [6.07, 6.45) is 1.36. The minimum absolute atomic E-state index is 0.305. The van der Waals surface area contributed by atoms with Crippen LogP contribution in [0.15, 0.2) is 52.0 Å². The molecule has 0 saturated heterocycles. The standard InChI is InChI=1S/C15H13BrFN3OS/c1-21-13-6-4-12(5-7-13)19-15(22)20-18-9-10-2-3-11(16)8-14(10)17/h2-9H,1H3,(H2,19,20,22)/b18-9-. The van der Waals surface area contributed by atoms with E-state index in [9.17, 15) is 4.39 Å². The summed E-state index contributed by atoms with van der Waals surface area (Å²) in [6.45, 7) is 0. The van der Waals surface area contributed by atoms with E-state index in [1.807, 2.05) is 24.3 Å². The molecule has 2 aromatic rings. The second kappa shape index (κ2) is 7.86. The van der Waals surface area contributed by atoms with Crippen molar-refractivity contribution in [3.8, 4) is 5.75 Å². The normalized spacial score (nSPS) is 10.5. The van der Waals surface area contributed by atoms with Gasteiger partial charge in [-0.2, -0.15) is 5.10 Å². The Morgan fingerprint density at radius 2 is 2.00 bits per heavy atom. The number of rotatable bonds is 4. The molecular formula is C15H13BrFN3OS. The van der Waals surface area contributed by atoms with E-state index in [2.05, 4.69) is 31.8 Å². The average molecular weight is 382 g/mol. The number of ether oxygens (including phenoxy) is 1. The fourth-order valence-electron chi connectivity index (χ4n) is 1.60. The molecule has 0 radical (unpaired) electrons. The van der Waals surface area contributed by atoms with Gasteiger partial charge in [0.15, 0.2) is 5.11 Å². The number of hydrazone groups is 1. The first-order chi connectivity index (χ1) is 10.6. The monoisotopic (exact) mass is 381 g/mol. The summed E-state index contributed by atoms with van der Waals surface area (Å²) in [5.41, 5.74) is 3.79. The predicted molar refractivity (Wildman–Crippen MR) is 94.0 cm³/mol. The largest absolute Gasteiger partial charge is 0.497 e. The number of nitrogens with one attached hydrogen (secondary N) is 2. The lowest BCUT2D eigenvalue weighted by Crippen LogP contribution is -2.23. The van der Waals surface area contributed by atoms with Crippen LogP contribution in [0.25, 0.3) is 0 Å². The maximum Gasteiger partial charge on any atom is 0.191 e. The highest BCUT2D eigenvalue weighted by molar-refractivity contribution is 9.10. The van der Waals surface area contributed by atoms with Gasteiger partial charge in [0.05, 0.1) is 13.3 Å². The summed E-state index contributed by atoms with van der Waals surface area (Å²) >= 11 is 8.29. The van der Waals surface area contributed by atoms with E-state index in [1.54, 1.807) is 19.2 Å². The van der Waals surface area contributed by atoms with Gasteiger partial charge in [-0.25, -0.2) is 4.39 Å². The van der Waals surface area contributed by atoms with Crippen molar-refractivity contribution in [1.82, 2.24) is 5.43 Å². The highest BCUT2D eigenvalue weighted by atomic mass is 79.9. The minimum atomic E-state index is -0.367. The van der Waals surface area contributed by atoms with Gasteiger partial charge in [-0.1, -0.05) is 15.9 Å². The Hall–Kier alpha value is -1.99. The van der Waals surface area contributed by atoms with Crippen molar-refractivity contribution in [3.63, 3.8) is 0 Å². The number of benzene rings is 2. The van der Waals surface area contributed by atoms with Gasteiger partial charge in [0.25, 0.3) is 0 Å². The van der Waals surface area contributed by atoms with Crippen molar-refractivity contribution in [3.05, 3.63) is 58.3 Å². The number of methoxy groups -OCH3 is 1. The van der Waals surface area contributed by atoms with Gasteiger partial charge in [0, 0.05) is 15.7 Å². The molecule has 0 spiro atoms. The van der Waals surface area contributed by atoms with Gasteiger partial charge in [-0.3, -0.25) is 5.43 Å². The van der Waals surface area contributed by atoms with Gasteiger partial charge >= 0.3 is 0 Å². The lowest BCUT2D eigenvalue weighted by molar-refractivity contribution is 0.415. The first-order valence-corrected chi connectivity index (χ1v) is 7.48. The zero-order chi connectivity index (χ0) is 15.9. The summed E-state index contributed by atoms with van der Waals surface area (Å²) in [6, 6.07) is 12.0. The van der Waals surface area contributed by atoms with Gasteiger partial charge in [-0.15, -0.1) is 0 Å². The highest BCUT2D eigenvalue weighted by Gasteiger charge is 2.00. The Bertz CT molecular complexity index is 692. The van der Waals surface area contributed by atoms with Crippen LogP contribution in [-0.2, 0) is 0 Å². The van der Waals surface area contributed by atoms with Crippen LogP contribution in [0, 0.1) is 5.82 Å². The van der Waals surface area contributed by atoms with Crippen LogP contribution in [0.3, 0.4) is 0 Å². The third-order valence-electron chi connectivity index (χ3n) is 2.68. The predicted octanol–water partition coefficient (Wildman–Crippen LogP) is 3.92. The van der Waals surface area contributed by atoms with Crippen molar-refractivity contribution in [2.75, 3.05) is 12.4 Å². The lowest BCUT2D eigenvalue weighted by atomic mass is 10.2. The summed E-state index contributed by atoms with van der Waals surface area (Å²) in [7, 11) is 1.60. The van der Waals surface area contributed by atoms with Crippen LogP contribution in [0.4, 0.5) is 10.1 Å². The van der Waals surface area contributed by atoms with Crippen LogP contribution in [0.2, 0.25) is 0 Å². The Kier molecular flexibility index (Phi) is 5.85. The quantitative estimate of drug-likeness (QED) is 0.478. The molecule has 0 aliphatic carbocycles. The molecule has 0 amide bonds.